The molecule has 1 amide bonds. The maximum atomic E-state index is 11.8. The monoisotopic (exact) mass is 297 g/mol. The van der Waals surface area contributed by atoms with Crippen LogP contribution in [0.1, 0.15) is 21.9 Å². The largest absolute Gasteiger partial charge is 0.345 e. The second-order valence-corrected chi connectivity index (χ2v) is 4.53. The van der Waals surface area contributed by atoms with Gasteiger partial charge in [0, 0.05) is 7.05 Å². The third-order valence-corrected chi connectivity index (χ3v) is 2.95. The predicted molar refractivity (Wildman–Crippen MR) is 65.4 cm³/mol. The molecule has 2 aromatic rings. The molecule has 0 aliphatic heterocycles. The highest BCUT2D eigenvalue weighted by Crippen LogP contribution is 2.12. The molecule has 0 unspecified atom stereocenters. The molecule has 0 saturated heterocycles. The summed E-state index contributed by atoms with van der Waals surface area (Å²) in [5.41, 5.74) is 2.30. The number of nitrogens with zero attached hydrogens (tertiary/aromatic N) is 3. The maximum absolute atomic E-state index is 11.8. The fourth-order valence-corrected chi connectivity index (χ4v) is 1.89. The van der Waals surface area contributed by atoms with Crippen LogP contribution in [0.5, 0.6) is 0 Å². The Hall–Kier alpha value is -1.63. The molecule has 0 aromatic carbocycles. The van der Waals surface area contributed by atoms with Crippen LogP contribution in [0.3, 0.4) is 0 Å². The van der Waals surface area contributed by atoms with Crippen molar-refractivity contribution in [2.24, 2.45) is 7.05 Å². The van der Waals surface area contributed by atoms with Crippen molar-refractivity contribution >= 4 is 21.8 Å². The zero-order chi connectivity index (χ0) is 12.4. The Kier molecular flexibility index (Phi) is 3.28. The smallest absolute Gasteiger partial charge is 0.270 e. The maximum Gasteiger partial charge on any atom is 0.270 e. The van der Waals surface area contributed by atoms with Gasteiger partial charge in [0.2, 0.25) is 0 Å². The molecule has 6 nitrogen and oxygen atoms in total. The van der Waals surface area contributed by atoms with E-state index in [1.807, 2.05) is 20.0 Å². The van der Waals surface area contributed by atoms with E-state index in [9.17, 15) is 4.79 Å². The molecule has 7 heteroatoms. The number of carbonyl (C=O) groups excluding carboxylic acids is 1. The number of nitrogens with one attached hydrogen (secondary N) is 2. The Morgan fingerprint density at radius 3 is 2.94 bits per heavy atom. The predicted octanol–water partition coefficient (Wildman–Crippen LogP) is 1.14. The highest BCUT2D eigenvalue weighted by atomic mass is 79.9. The minimum Gasteiger partial charge on any atom is -0.345 e. The number of H-pyrrole nitrogens is 1. The Morgan fingerprint density at radius 1 is 1.65 bits per heavy atom. The van der Waals surface area contributed by atoms with Crippen molar-refractivity contribution < 1.29 is 4.79 Å². The Morgan fingerprint density at radius 2 is 2.41 bits per heavy atom. The molecule has 0 spiro atoms. The van der Waals surface area contributed by atoms with Gasteiger partial charge in [-0.05, 0) is 28.9 Å². The molecule has 0 atom stereocenters. The molecule has 0 aliphatic carbocycles. The number of rotatable bonds is 3. The highest BCUT2D eigenvalue weighted by molar-refractivity contribution is 9.10. The minimum absolute atomic E-state index is 0.201. The molecular weight excluding hydrogens is 286 g/mol. The van der Waals surface area contributed by atoms with Crippen LogP contribution in [-0.2, 0) is 13.6 Å². The number of hydrogen-bond acceptors (Lipinski definition) is 3. The zero-order valence-corrected chi connectivity index (χ0v) is 11.1. The second-order valence-electron chi connectivity index (χ2n) is 3.68. The summed E-state index contributed by atoms with van der Waals surface area (Å²) >= 11 is 3.24. The van der Waals surface area contributed by atoms with Gasteiger partial charge in [0.05, 0.1) is 28.6 Å². The summed E-state index contributed by atoms with van der Waals surface area (Å²) in [4.78, 5) is 11.8. The van der Waals surface area contributed by atoms with Crippen LogP contribution in [0.25, 0.3) is 0 Å². The van der Waals surface area contributed by atoms with Gasteiger partial charge in [-0.15, -0.1) is 0 Å². The van der Waals surface area contributed by atoms with Gasteiger partial charge in [0.1, 0.15) is 5.69 Å². The Balaban J connectivity index is 2.02. The first-order valence-electron chi connectivity index (χ1n) is 5.04. The quantitative estimate of drug-likeness (QED) is 0.892. The molecule has 17 heavy (non-hydrogen) atoms. The van der Waals surface area contributed by atoms with Gasteiger partial charge >= 0.3 is 0 Å². The molecule has 0 bridgehead atoms. The first kappa shape index (κ1) is 11.8. The summed E-state index contributed by atoms with van der Waals surface area (Å²) in [5.74, 6) is -0.201. The van der Waals surface area contributed by atoms with Gasteiger partial charge in [-0.25, -0.2) is 0 Å². The molecule has 0 saturated carbocycles. The highest BCUT2D eigenvalue weighted by Gasteiger charge is 2.12. The summed E-state index contributed by atoms with van der Waals surface area (Å²) in [7, 11) is 1.85. The summed E-state index contributed by atoms with van der Waals surface area (Å²) in [6.45, 7) is 2.35. The van der Waals surface area contributed by atoms with Gasteiger partial charge in [0.15, 0.2) is 0 Å². The number of aromatic amines is 1. The summed E-state index contributed by atoms with van der Waals surface area (Å²) in [6.07, 6.45) is 1.54. The fraction of sp³-hybridized carbons (Fsp3) is 0.300. The molecule has 2 rings (SSSR count). The molecular formula is C10H12BrN5O. The third kappa shape index (κ3) is 2.55. The number of aromatic nitrogens is 4. The van der Waals surface area contributed by atoms with Gasteiger partial charge < -0.3 is 5.32 Å². The number of carbonyl (C=O) groups is 1. The van der Waals surface area contributed by atoms with Crippen molar-refractivity contribution in [3.05, 3.63) is 33.8 Å². The number of hydrogen-bond donors (Lipinski definition) is 2. The molecule has 0 radical (unpaired) electrons. The molecule has 2 aromatic heterocycles. The standard InChI is InChI=1S/C10H12BrN5O/c1-6-3-7(16(2)15-6)4-12-10(17)9-8(11)5-13-14-9/h3,5H,4H2,1-2H3,(H,12,17)(H,13,14). The van der Waals surface area contributed by atoms with Crippen LogP contribution in [-0.4, -0.2) is 25.9 Å². The Bertz CT molecular complexity index is 545. The average Bonchev–Trinajstić information content (AvgIpc) is 2.81. The van der Waals surface area contributed by atoms with Crippen molar-refractivity contribution in [1.29, 1.82) is 0 Å². The zero-order valence-electron chi connectivity index (χ0n) is 9.49. The van der Waals surface area contributed by atoms with Crippen LogP contribution in [0, 0.1) is 6.92 Å². The van der Waals surface area contributed by atoms with E-state index in [-0.39, 0.29) is 5.91 Å². The number of aryl methyl sites for hydroxylation is 2. The van der Waals surface area contributed by atoms with Gasteiger partial charge in [0.25, 0.3) is 5.91 Å². The van der Waals surface area contributed by atoms with Crippen molar-refractivity contribution in [1.82, 2.24) is 25.3 Å². The first-order valence-corrected chi connectivity index (χ1v) is 5.84. The van der Waals surface area contributed by atoms with Crippen LogP contribution < -0.4 is 5.32 Å². The SMILES string of the molecule is Cc1cc(CNC(=O)c2[nH]ncc2Br)n(C)n1. The molecule has 0 fully saturated rings. The minimum atomic E-state index is -0.201. The van der Waals surface area contributed by atoms with E-state index in [0.717, 1.165) is 11.4 Å². The van der Waals surface area contributed by atoms with E-state index in [2.05, 4.69) is 36.5 Å². The number of halogens is 1. The third-order valence-electron chi connectivity index (χ3n) is 2.35. The van der Waals surface area contributed by atoms with E-state index in [4.69, 9.17) is 0 Å². The van der Waals surface area contributed by atoms with E-state index in [1.165, 1.54) is 0 Å². The summed E-state index contributed by atoms with van der Waals surface area (Å²) in [5, 5.41) is 13.4. The van der Waals surface area contributed by atoms with Crippen LogP contribution in [0.2, 0.25) is 0 Å². The lowest BCUT2D eigenvalue weighted by molar-refractivity contribution is 0.0944. The summed E-state index contributed by atoms with van der Waals surface area (Å²) < 4.78 is 2.40. The van der Waals surface area contributed by atoms with E-state index in [0.29, 0.717) is 16.7 Å². The normalized spacial score (nSPS) is 10.5. The fourth-order valence-electron chi connectivity index (χ4n) is 1.52. The first-order chi connectivity index (χ1) is 8.08. The van der Waals surface area contributed by atoms with Crippen LogP contribution >= 0.6 is 15.9 Å². The number of amides is 1. The van der Waals surface area contributed by atoms with Crippen molar-refractivity contribution in [2.45, 2.75) is 13.5 Å². The van der Waals surface area contributed by atoms with E-state index < -0.39 is 0 Å². The van der Waals surface area contributed by atoms with Gasteiger partial charge in [-0.1, -0.05) is 0 Å². The lowest BCUT2D eigenvalue weighted by atomic mass is 10.3. The van der Waals surface area contributed by atoms with Crippen LogP contribution in [0.15, 0.2) is 16.7 Å². The lowest BCUT2D eigenvalue weighted by Gasteiger charge is -2.04. The van der Waals surface area contributed by atoms with Gasteiger partial charge in [-0.2, -0.15) is 10.2 Å². The topological polar surface area (TPSA) is 75.6 Å². The molecule has 0 aliphatic rings. The van der Waals surface area contributed by atoms with Crippen LogP contribution in [0.4, 0.5) is 0 Å². The van der Waals surface area contributed by atoms with Gasteiger partial charge in [-0.3, -0.25) is 14.6 Å². The van der Waals surface area contributed by atoms with Crippen molar-refractivity contribution in [2.75, 3.05) is 0 Å². The van der Waals surface area contributed by atoms with E-state index in [1.54, 1.807) is 10.9 Å². The molecule has 2 N–H and O–H groups in total. The van der Waals surface area contributed by atoms with E-state index >= 15 is 0 Å². The van der Waals surface area contributed by atoms with Crippen molar-refractivity contribution in [3.8, 4) is 0 Å². The van der Waals surface area contributed by atoms with Crippen molar-refractivity contribution in [3.63, 3.8) is 0 Å². The average molecular weight is 298 g/mol. The summed E-state index contributed by atoms with van der Waals surface area (Å²) in [6, 6.07) is 1.93. The molecule has 2 heterocycles. The lowest BCUT2D eigenvalue weighted by Crippen LogP contribution is -2.24. The molecule has 90 valence electrons. The Labute approximate surface area is 107 Å². The second kappa shape index (κ2) is 4.70.